The normalized spacial score (nSPS) is 17.1. The first-order valence-electron chi connectivity index (χ1n) is 6.87. The van der Waals surface area contributed by atoms with Gasteiger partial charge in [0.05, 0.1) is 0 Å². The van der Waals surface area contributed by atoms with Gasteiger partial charge in [-0.15, -0.1) is 0 Å². The Morgan fingerprint density at radius 1 is 1.47 bits per heavy atom. The Morgan fingerprint density at radius 3 is 2.76 bits per heavy atom. The van der Waals surface area contributed by atoms with Crippen molar-refractivity contribution in [2.45, 2.75) is 57.8 Å². The molecular weight excluding hydrogens is 260 g/mol. The Hall–Kier alpha value is 0.371. The van der Waals surface area contributed by atoms with Crippen LogP contribution in [0.2, 0.25) is 13.1 Å². The van der Waals surface area contributed by atoms with E-state index >= 15 is 0 Å². The first-order chi connectivity index (χ1) is 8.15. The third-order valence-electron chi connectivity index (χ3n) is 3.30. The Bertz CT molecular complexity index is 284. The van der Waals surface area contributed by atoms with Crippen molar-refractivity contribution in [3.8, 4) is 0 Å². The van der Waals surface area contributed by atoms with E-state index in [0.29, 0.717) is 5.73 Å². The van der Waals surface area contributed by atoms with Gasteiger partial charge in [0.15, 0.2) is 0 Å². The summed E-state index contributed by atoms with van der Waals surface area (Å²) in [4.78, 5) is 0. The quantitative estimate of drug-likeness (QED) is 0.487. The first-order valence-corrected chi connectivity index (χ1v) is 10.6. The van der Waals surface area contributed by atoms with Crippen molar-refractivity contribution in [1.29, 1.82) is 0 Å². The molecule has 0 aromatic rings. The van der Waals surface area contributed by atoms with Gasteiger partial charge in [-0.25, -0.2) is 0 Å². The third kappa shape index (κ3) is 5.69. The van der Waals surface area contributed by atoms with Crippen molar-refractivity contribution in [3.63, 3.8) is 0 Å². The predicted octanol–water partition coefficient (Wildman–Crippen LogP) is 3.74. The maximum atomic E-state index is 6.05. The van der Waals surface area contributed by atoms with Crippen molar-refractivity contribution in [3.05, 3.63) is 21.6 Å². The summed E-state index contributed by atoms with van der Waals surface area (Å²) >= 11 is 2.26. The second-order valence-electron chi connectivity index (χ2n) is 5.16. The molecule has 1 aliphatic rings. The predicted molar refractivity (Wildman–Crippen MR) is 73.5 cm³/mol. The second-order valence-corrected chi connectivity index (χ2v) is 9.33. The van der Waals surface area contributed by atoms with E-state index in [1.807, 2.05) is 0 Å². The van der Waals surface area contributed by atoms with E-state index in [4.69, 9.17) is 4.74 Å². The summed E-state index contributed by atoms with van der Waals surface area (Å²) < 4.78 is 7.61. The van der Waals surface area contributed by atoms with Crippen LogP contribution >= 0.6 is 0 Å². The number of hydrogen-bond acceptors (Lipinski definition) is 1. The molecule has 0 aliphatic heterocycles. The van der Waals surface area contributed by atoms with E-state index in [-0.39, 0.29) is 0 Å². The van der Waals surface area contributed by atoms with E-state index in [0.717, 1.165) is 13.0 Å². The standard InChI is InChI=1S/C14H25OSi.Ti/c1-4-5-12-15-14(16(2)3)11-10-13-8-6-7-9-13;/h6,8,14,16H,4-5,7,10-12H2,1-3H3;. The molecule has 0 heterocycles. The van der Waals surface area contributed by atoms with Crippen LogP contribution in [-0.2, 0) is 25.2 Å². The van der Waals surface area contributed by atoms with Gasteiger partial charge in [-0.1, -0.05) is 0 Å². The molecule has 1 nitrogen and oxygen atoms in total. The van der Waals surface area contributed by atoms with E-state index < -0.39 is 8.80 Å². The summed E-state index contributed by atoms with van der Waals surface area (Å²) in [6.07, 6.45) is 10.6. The molecule has 17 heavy (non-hydrogen) atoms. The van der Waals surface area contributed by atoms with Crippen LogP contribution in [0.15, 0.2) is 21.6 Å². The summed E-state index contributed by atoms with van der Waals surface area (Å²) in [5.74, 6) is 0. The van der Waals surface area contributed by atoms with Crippen LogP contribution in [0.3, 0.4) is 0 Å². The molecule has 95 valence electrons. The Morgan fingerprint density at radius 2 is 2.24 bits per heavy atom. The second kappa shape index (κ2) is 8.47. The fourth-order valence-electron chi connectivity index (χ4n) is 2.07. The third-order valence-corrected chi connectivity index (χ3v) is 6.13. The summed E-state index contributed by atoms with van der Waals surface area (Å²) in [5.41, 5.74) is 2.12. The van der Waals surface area contributed by atoms with Crippen LogP contribution in [0.25, 0.3) is 0 Å². The van der Waals surface area contributed by atoms with E-state index in [9.17, 15) is 0 Å². The zero-order valence-electron chi connectivity index (χ0n) is 11.5. The molecule has 1 atom stereocenters. The summed E-state index contributed by atoms with van der Waals surface area (Å²) in [7, 11) is -0.678. The van der Waals surface area contributed by atoms with Crippen molar-refractivity contribution in [2.75, 3.05) is 6.61 Å². The molecule has 1 rings (SSSR count). The van der Waals surface area contributed by atoms with Crippen LogP contribution < -0.4 is 0 Å². The van der Waals surface area contributed by atoms with Crippen molar-refractivity contribution in [2.24, 2.45) is 0 Å². The van der Waals surface area contributed by atoms with Gasteiger partial charge in [-0.2, -0.15) is 0 Å². The monoisotopic (exact) mass is 285 g/mol. The molecule has 0 aromatic carbocycles. The molecule has 1 unspecified atom stereocenters. The van der Waals surface area contributed by atoms with Gasteiger partial charge in [0.1, 0.15) is 0 Å². The number of hydrogen-bond donors (Lipinski definition) is 0. The maximum absolute atomic E-state index is 6.05. The van der Waals surface area contributed by atoms with E-state index in [2.05, 4.69) is 52.6 Å². The van der Waals surface area contributed by atoms with Crippen molar-refractivity contribution >= 4 is 8.80 Å². The van der Waals surface area contributed by atoms with Crippen LogP contribution in [0.5, 0.6) is 0 Å². The zero-order chi connectivity index (χ0) is 12.7. The van der Waals surface area contributed by atoms with E-state index in [1.165, 1.54) is 25.7 Å². The van der Waals surface area contributed by atoms with Crippen LogP contribution in [0.4, 0.5) is 0 Å². The summed E-state index contributed by atoms with van der Waals surface area (Å²) in [6, 6.07) is 0. The fraction of sp³-hybridized carbons (Fsp3) is 0.714. The van der Waals surface area contributed by atoms with Crippen LogP contribution in [0.1, 0.15) is 39.0 Å². The minimum absolute atomic E-state index is 0.566. The fourth-order valence-corrected chi connectivity index (χ4v) is 3.93. The van der Waals surface area contributed by atoms with E-state index in [1.54, 1.807) is 9.45 Å². The molecule has 0 radical (unpaired) electrons. The van der Waals surface area contributed by atoms with Gasteiger partial charge in [-0.3, -0.25) is 0 Å². The molecule has 0 amide bonds. The first kappa shape index (κ1) is 15.4. The van der Waals surface area contributed by atoms with Crippen LogP contribution in [0, 0.1) is 0 Å². The van der Waals surface area contributed by atoms with Crippen molar-refractivity contribution in [1.82, 2.24) is 0 Å². The molecule has 3 heteroatoms. The Balaban J connectivity index is 2.34. The van der Waals surface area contributed by atoms with Gasteiger partial charge < -0.3 is 0 Å². The molecule has 0 bridgehead atoms. The zero-order valence-corrected chi connectivity index (χ0v) is 14.2. The Labute approximate surface area is 120 Å². The molecule has 0 saturated carbocycles. The molecule has 0 aromatic heterocycles. The average molecular weight is 285 g/mol. The molecule has 0 spiro atoms. The van der Waals surface area contributed by atoms with Gasteiger partial charge >= 0.3 is 120 Å². The van der Waals surface area contributed by atoms with Gasteiger partial charge in [0, 0.05) is 0 Å². The minimum atomic E-state index is -0.678. The molecular formula is C14H25OSiTi. The topological polar surface area (TPSA) is 9.23 Å². The molecule has 0 saturated heterocycles. The van der Waals surface area contributed by atoms with Gasteiger partial charge in [0.2, 0.25) is 0 Å². The van der Waals surface area contributed by atoms with Crippen LogP contribution in [-0.4, -0.2) is 21.1 Å². The number of unbranched alkanes of at least 4 members (excludes halogenated alkanes) is 1. The van der Waals surface area contributed by atoms with Gasteiger partial charge in [0.25, 0.3) is 0 Å². The Kier molecular flexibility index (Phi) is 7.69. The molecule has 0 N–H and O–H groups in total. The van der Waals surface area contributed by atoms with Crippen molar-refractivity contribution < 1.29 is 25.2 Å². The summed E-state index contributed by atoms with van der Waals surface area (Å²) in [6.45, 7) is 7.99. The molecule has 1 aliphatic carbocycles. The number of allylic oxidation sites excluding steroid dienone is 4. The molecule has 0 fully saturated rings. The number of rotatable bonds is 8. The number of ether oxygens (including phenoxy) is 1. The average Bonchev–Trinajstić information content (AvgIpc) is 2.69. The summed E-state index contributed by atoms with van der Waals surface area (Å²) in [5, 5.41) is 0. The SMILES string of the molecule is CCCCOC(CCC1=[C]([Ti])CC=C1)[SiH](C)C. The van der Waals surface area contributed by atoms with Gasteiger partial charge in [-0.05, 0) is 0 Å².